The lowest BCUT2D eigenvalue weighted by atomic mass is 10.1. The van der Waals surface area contributed by atoms with Gasteiger partial charge in [-0.2, -0.15) is 0 Å². The second-order valence-corrected chi connectivity index (χ2v) is 6.32. The first kappa shape index (κ1) is 17.8. The van der Waals surface area contributed by atoms with E-state index in [0.717, 1.165) is 17.7 Å². The van der Waals surface area contributed by atoms with Crippen LogP contribution in [0.2, 0.25) is 0 Å². The highest BCUT2D eigenvalue weighted by Gasteiger charge is 2.12. The molecule has 4 rings (SSSR count). The Hall–Kier alpha value is -3.62. The molecule has 1 unspecified atom stereocenters. The van der Waals surface area contributed by atoms with E-state index in [1.54, 1.807) is 32.2 Å². The molecule has 9 heteroatoms. The summed E-state index contributed by atoms with van der Waals surface area (Å²) >= 11 is 0. The number of hydrogen-bond donors (Lipinski definition) is 1. The predicted octanol–water partition coefficient (Wildman–Crippen LogP) is 3.43. The zero-order valence-electron chi connectivity index (χ0n) is 15.0. The van der Waals surface area contributed by atoms with Crippen LogP contribution in [0.3, 0.4) is 0 Å². The Morgan fingerprint density at radius 2 is 1.93 bits per heavy atom. The molecular weight excluding hydrogens is 368 g/mol. The van der Waals surface area contributed by atoms with E-state index in [9.17, 15) is 13.6 Å². The standard InChI is InChI=1S/C19H15F2N5O2/c1-10(11-3-5-13(20)14(21)7-11)23-18-22-9-15(24-25-18)12-4-6-17-16(8-12)26(2)19(27)28-17/h3-10H,1-2H3,(H,22,23,25). The fraction of sp³-hybridized carbons (Fsp3) is 0.158. The highest BCUT2D eigenvalue weighted by molar-refractivity contribution is 5.79. The third-order valence-electron chi connectivity index (χ3n) is 4.44. The molecule has 0 saturated carbocycles. The molecule has 0 fully saturated rings. The van der Waals surface area contributed by atoms with Gasteiger partial charge in [-0.05, 0) is 42.8 Å². The third kappa shape index (κ3) is 3.22. The summed E-state index contributed by atoms with van der Waals surface area (Å²) in [7, 11) is 1.62. The normalized spacial score (nSPS) is 12.3. The average Bonchev–Trinajstić information content (AvgIpc) is 2.98. The molecule has 2 aromatic heterocycles. The molecule has 2 aromatic carbocycles. The molecule has 0 amide bonds. The summed E-state index contributed by atoms with van der Waals surface area (Å²) in [6, 6.07) is 8.55. The van der Waals surface area contributed by atoms with Gasteiger partial charge in [-0.25, -0.2) is 18.6 Å². The molecule has 2 heterocycles. The topological polar surface area (TPSA) is 85.8 Å². The number of halogens is 2. The highest BCUT2D eigenvalue weighted by atomic mass is 19.2. The third-order valence-corrected chi connectivity index (χ3v) is 4.44. The smallest absolute Gasteiger partial charge is 0.408 e. The van der Waals surface area contributed by atoms with Crippen molar-refractivity contribution in [2.24, 2.45) is 7.05 Å². The van der Waals surface area contributed by atoms with Gasteiger partial charge in [0.2, 0.25) is 5.95 Å². The molecule has 0 spiro atoms. The zero-order chi connectivity index (χ0) is 19.8. The van der Waals surface area contributed by atoms with Crippen molar-refractivity contribution in [3.63, 3.8) is 0 Å². The molecule has 7 nitrogen and oxygen atoms in total. The van der Waals surface area contributed by atoms with Crippen LogP contribution in [0.5, 0.6) is 0 Å². The van der Waals surface area contributed by atoms with E-state index in [1.807, 2.05) is 0 Å². The quantitative estimate of drug-likeness (QED) is 0.581. The Balaban J connectivity index is 1.56. The summed E-state index contributed by atoms with van der Waals surface area (Å²) in [5.41, 5.74) is 2.91. The lowest BCUT2D eigenvalue weighted by Crippen LogP contribution is -2.10. The second kappa shape index (κ2) is 6.84. The van der Waals surface area contributed by atoms with E-state index in [2.05, 4.69) is 20.5 Å². The number of aryl methyl sites for hydroxylation is 1. The van der Waals surface area contributed by atoms with Gasteiger partial charge in [-0.3, -0.25) is 4.57 Å². The summed E-state index contributed by atoms with van der Waals surface area (Å²) in [6.07, 6.45) is 1.53. The van der Waals surface area contributed by atoms with Crippen molar-refractivity contribution < 1.29 is 13.2 Å². The monoisotopic (exact) mass is 383 g/mol. The van der Waals surface area contributed by atoms with Gasteiger partial charge >= 0.3 is 5.76 Å². The maximum Gasteiger partial charge on any atom is 0.419 e. The summed E-state index contributed by atoms with van der Waals surface area (Å²) < 4.78 is 33.0. The number of hydrogen-bond acceptors (Lipinski definition) is 6. The fourth-order valence-electron chi connectivity index (χ4n) is 2.82. The minimum atomic E-state index is -0.912. The van der Waals surface area contributed by atoms with Crippen molar-refractivity contribution in [1.82, 2.24) is 19.7 Å². The first-order chi connectivity index (χ1) is 13.4. The van der Waals surface area contributed by atoms with Crippen LogP contribution in [-0.4, -0.2) is 19.7 Å². The molecule has 142 valence electrons. The van der Waals surface area contributed by atoms with Gasteiger partial charge < -0.3 is 9.73 Å². The number of nitrogens with zero attached hydrogens (tertiary/aromatic N) is 4. The Kier molecular flexibility index (Phi) is 4.34. The van der Waals surface area contributed by atoms with Crippen LogP contribution in [0, 0.1) is 11.6 Å². The number of anilines is 1. The van der Waals surface area contributed by atoms with Crippen LogP contribution in [0.1, 0.15) is 18.5 Å². The zero-order valence-corrected chi connectivity index (χ0v) is 15.0. The van der Waals surface area contributed by atoms with Gasteiger partial charge in [0.25, 0.3) is 0 Å². The lowest BCUT2D eigenvalue weighted by molar-refractivity contribution is 0.506. The van der Waals surface area contributed by atoms with Gasteiger partial charge in [-0.15, -0.1) is 10.2 Å². The van der Waals surface area contributed by atoms with E-state index < -0.39 is 17.4 Å². The minimum absolute atomic E-state index is 0.248. The van der Waals surface area contributed by atoms with Crippen LogP contribution in [0.15, 0.2) is 51.8 Å². The fourth-order valence-corrected chi connectivity index (χ4v) is 2.82. The summed E-state index contributed by atoms with van der Waals surface area (Å²) in [5.74, 6) is -2.00. The van der Waals surface area contributed by atoms with Crippen molar-refractivity contribution in [3.8, 4) is 11.3 Å². The summed E-state index contributed by atoms with van der Waals surface area (Å²) in [5, 5.41) is 11.2. The molecule has 0 saturated heterocycles. The number of benzene rings is 2. The molecule has 1 N–H and O–H groups in total. The Morgan fingerprint density at radius 1 is 1.11 bits per heavy atom. The number of nitrogens with one attached hydrogen (secondary N) is 1. The second-order valence-electron chi connectivity index (χ2n) is 6.32. The van der Waals surface area contributed by atoms with Crippen molar-refractivity contribution in [2.45, 2.75) is 13.0 Å². The van der Waals surface area contributed by atoms with Crippen LogP contribution in [0.4, 0.5) is 14.7 Å². The molecule has 28 heavy (non-hydrogen) atoms. The largest absolute Gasteiger partial charge is 0.419 e. The number of oxazole rings is 1. The predicted molar refractivity (Wildman–Crippen MR) is 98.7 cm³/mol. The van der Waals surface area contributed by atoms with E-state index >= 15 is 0 Å². The van der Waals surface area contributed by atoms with Gasteiger partial charge in [0.15, 0.2) is 17.2 Å². The average molecular weight is 383 g/mol. The minimum Gasteiger partial charge on any atom is -0.408 e. The van der Waals surface area contributed by atoms with Crippen molar-refractivity contribution in [2.75, 3.05) is 5.32 Å². The Morgan fingerprint density at radius 3 is 2.64 bits per heavy atom. The highest BCUT2D eigenvalue weighted by Crippen LogP contribution is 2.23. The summed E-state index contributed by atoms with van der Waals surface area (Å²) in [4.78, 5) is 15.8. The summed E-state index contributed by atoms with van der Waals surface area (Å²) in [6.45, 7) is 1.78. The Bertz CT molecular complexity index is 1220. The van der Waals surface area contributed by atoms with Crippen LogP contribution < -0.4 is 11.1 Å². The molecule has 0 aliphatic carbocycles. The van der Waals surface area contributed by atoms with Gasteiger partial charge in [-0.1, -0.05) is 6.07 Å². The maximum absolute atomic E-state index is 13.4. The molecule has 0 bridgehead atoms. The molecular formula is C19H15F2N5O2. The SMILES string of the molecule is CC(Nc1ncc(-c2ccc3oc(=O)n(C)c3c2)nn1)c1ccc(F)c(F)c1. The van der Waals surface area contributed by atoms with E-state index in [4.69, 9.17) is 4.42 Å². The molecule has 0 aliphatic rings. The first-order valence-corrected chi connectivity index (χ1v) is 8.43. The number of aromatic nitrogens is 4. The number of fused-ring (bicyclic) bond motifs is 1. The first-order valence-electron chi connectivity index (χ1n) is 8.43. The Labute approximate surface area is 157 Å². The van der Waals surface area contributed by atoms with E-state index in [1.165, 1.54) is 16.8 Å². The van der Waals surface area contributed by atoms with Crippen LogP contribution in [0.25, 0.3) is 22.4 Å². The van der Waals surface area contributed by atoms with Crippen molar-refractivity contribution >= 4 is 17.0 Å². The van der Waals surface area contributed by atoms with Gasteiger partial charge in [0, 0.05) is 12.6 Å². The van der Waals surface area contributed by atoms with E-state index in [0.29, 0.717) is 22.4 Å². The molecule has 0 aliphatic heterocycles. The van der Waals surface area contributed by atoms with Crippen LogP contribution in [-0.2, 0) is 7.05 Å². The molecule has 1 atom stereocenters. The molecule has 0 radical (unpaired) electrons. The van der Waals surface area contributed by atoms with Gasteiger partial charge in [0.05, 0.1) is 17.8 Å². The van der Waals surface area contributed by atoms with E-state index in [-0.39, 0.29) is 12.0 Å². The van der Waals surface area contributed by atoms with Crippen molar-refractivity contribution in [3.05, 3.63) is 70.3 Å². The molecule has 4 aromatic rings. The maximum atomic E-state index is 13.4. The lowest BCUT2D eigenvalue weighted by Gasteiger charge is -2.14. The van der Waals surface area contributed by atoms with Crippen molar-refractivity contribution in [1.29, 1.82) is 0 Å². The van der Waals surface area contributed by atoms with Crippen LogP contribution >= 0.6 is 0 Å². The number of rotatable bonds is 4. The van der Waals surface area contributed by atoms with Gasteiger partial charge in [0.1, 0.15) is 5.69 Å².